The van der Waals surface area contributed by atoms with Gasteiger partial charge in [-0.15, -0.1) is 5.10 Å². The monoisotopic (exact) mass is 108 g/mol. The Hall–Kier alpha value is -1.12. The van der Waals surface area contributed by atoms with Gasteiger partial charge in [-0.25, -0.2) is 0 Å². The maximum absolute atomic E-state index is 3.67. The van der Waals surface area contributed by atoms with Crippen LogP contribution in [0.15, 0.2) is 12.8 Å². The fourth-order valence-electron chi connectivity index (χ4n) is 0.407. The Balaban J connectivity index is 3.00. The summed E-state index contributed by atoms with van der Waals surface area (Å²) in [6, 6.07) is 0. The minimum absolute atomic E-state index is 0.750. The van der Waals surface area contributed by atoms with Crippen molar-refractivity contribution in [1.29, 1.82) is 0 Å². The van der Waals surface area contributed by atoms with Crippen LogP contribution >= 0.6 is 0 Å². The van der Waals surface area contributed by atoms with Gasteiger partial charge in [0, 0.05) is 0 Å². The molecule has 0 atom stereocenters. The molecular weight excluding hydrogens is 102 g/mol. The SMILES string of the molecule is [CH2]n1cc(C=C)nn1. The number of nitrogens with zero attached hydrogens (tertiary/aromatic N) is 3. The topological polar surface area (TPSA) is 30.7 Å². The summed E-state index contributed by atoms with van der Waals surface area (Å²) < 4.78 is 1.39. The zero-order valence-electron chi connectivity index (χ0n) is 4.41. The number of rotatable bonds is 1. The van der Waals surface area contributed by atoms with Gasteiger partial charge < -0.3 is 0 Å². The quantitative estimate of drug-likeness (QED) is 0.526. The average molecular weight is 108 g/mol. The second kappa shape index (κ2) is 1.78. The van der Waals surface area contributed by atoms with Gasteiger partial charge in [0.15, 0.2) is 0 Å². The van der Waals surface area contributed by atoms with Crippen LogP contribution < -0.4 is 0 Å². The lowest BCUT2D eigenvalue weighted by Gasteiger charge is -1.75. The van der Waals surface area contributed by atoms with Crippen molar-refractivity contribution >= 4 is 6.08 Å². The van der Waals surface area contributed by atoms with Gasteiger partial charge in [-0.2, -0.15) is 0 Å². The van der Waals surface area contributed by atoms with Crippen LogP contribution in [0.1, 0.15) is 5.69 Å². The molecule has 0 bridgehead atoms. The molecule has 1 aromatic rings. The fraction of sp³-hybridized carbons (Fsp3) is 0. The van der Waals surface area contributed by atoms with E-state index in [2.05, 4.69) is 23.9 Å². The number of hydrogen-bond acceptors (Lipinski definition) is 2. The Morgan fingerprint density at radius 1 is 1.75 bits per heavy atom. The van der Waals surface area contributed by atoms with Crippen LogP contribution in [0.2, 0.25) is 0 Å². The summed E-state index contributed by atoms with van der Waals surface area (Å²) in [5.41, 5.74) is 0.750. The predicted molar refractivity (Wildman–Crippen MR) is 30.9 cm³/mol. The molecule has 3 nitrogen and oxygen atoms in total. The van der Waals surface area contributed by atoms with Gasteiger partial charge in [0.25, 0.3) is 0 Å². The molecule has 0 spiro atoms. The molecule has 0 saturated heterocycles. The maximum Gasteiger partial charge on any atom is 0.105 e. The van der Waals surface area contributed by atoms with Crippen LogP contribution in [-0.4, -0.2) is 15.0 Å². The molecule has 0 aromatic carbocycles. The largest absolute Gasteiger partial charge is 0.250 e. The van der Waals surface area contributed by atoms with Gasteiger partial charge in [-0.1, -0.05) is 11.8 Å². The van der Waals surface area contributed by atoms with Crippen molar-refractivity contribution in [1.82, 2.24) is 15.0 Å². The summed E-state index contributed by atoms with van der Waals surface area (Å²) in [5, 5.41) is 7.24. The Morgan fingerprint density at radius 3 is 2.75 bits per heavy atom. The highest BCUT2D eigenvalue weighted by atomic mass is 15.4. The predicted octanol–water partition coefficient (Wildman–Crippen LogP) is 0.561. The summed E-state index contributed by atoms with van der Waals surface area (Å²) in [6.45, 7) is 3.50. The third-order valence-corrected chi connectivity index (χ3v) is 0.766. The summed E-state index contributed by atoms with van der Waals surface area (Å²) >= 11 is 0. The molecular formula is C5H6N3. The average Bonchev–Trinajstić information content (AvgIpc) is 2.14. The Labute approximate surface area is 47.6 Å². The molecule has 8 heavy (non-hydrogen) atoms. The molecule has 1 radical (unpaired) electrons. The van der Waals surface area contributed by atoms with Gasteiger partial charge in [-0.3, -0.25) is 4.68 Å². The molecule has 0 aliphatic carbocycles. The standard InChI is InChI=1S/C5H6N3/c1-3-5-4-8(2)7-6-5/h3-4H,1-2H2. The second-order valence-corrected chi connectivity index (χ2v) is 1.39. The Morgan fingerprint density at radius 2 is 2.50 bits per heavy atom. The van der Waals surface area contributed by atoms with Gasteiger partial charge in [0.05, 0.1) is 13.2 Å². The van der Waals surface area contributed by atoms with E-state index in [0.717, 1.165) is 5.69 Å². The van der Waals surface area contributed by atoms with Crippen molar-refractivity contribution in [3.8, 4) is 0 Å². The van der Waals surface area contributed by atoms with Crippen LogP contribution in [0.5, 0.6) is 0 Å². The van der Waals surface area contributed by atoms with E-state index in [1.165, 1.54) is 4.68 Å². The van der Waals surface area contributed by atoms with Gasteiger partial charge in [0.2, 0.25) is 0 Å². The fourth-order valence-corrected chi connectivity index (χ4v) is 0.407. The summed E-state index contributed by atoms with van der Waals surface area (Å²) in [4.78, 5) is 0. The molecule has 0 fully saturated rings. The van der Waals surface area contributed by atoms with Gasteiger partial charge in [-0.05, 0) is 6.08 Å². The molecule has 1 rings (SSSR count). The third-order valence-electron chi connectivity index (χ3n) is 0.766. The Bertz CT molecular complexity index is 189. The molecule has 41 valence electrons. The smallest absolute Gasteiger partial charge is 0.105 e. The molecule has 0 N–H and O–H groups in total. The molecule has 0 saturated carbocycles. The highest BCUT2D eigenvalue weighted by Gasteiger charge is 1.87. The van der Waals surface area contributed by atoms with Crippen molar-refractivity contribution in [3.05, 3.63) is 25.5 Å². The van der Waals surface area contributed by atoms with Crippen LogP contribution in [0.25, 0.3) is 6.08 Å². The summed E-state index contributed by atoms with van der Waals surface area (Å²) in [5.74, 6) is 0. The van der Waals surface area contributed by atoms with E-state index in [1.54, 1.807) is 12.3 Å². The van der Waals surface area contributed by atoms with E-state index < -0.39 is 0 Å². The molecule has 1 heterocycles. The summed E-state index contributed by atoms with van der Waals surface area (Å²) in [6.07, 6.45) is 3.31. The van der Waals surface area contributed by atoms with Crippen molar-refractivity contribution in [3.63, 3.8) is 0 Å². The zero-order chi connectivity index (χ0) is 5.98. The van der Waals surface area contributed by atoms with Gasteiger partial charge >= 0.3 is 0 Å². The van der Waals surface area contributed by atoms with E-state index in [0.29, 0.717) is 0 Å². The van der Waals surface area contributed by atoms with E-state index in [1.807, 2.05) is 0 Å². The van der Waals surface area contributed by atoms with Crippen LogP contribution in [-0.2, 0) is 0 Å². The number of hydrogen-bond donors (Lipinski definition) is 0. The molecule has 0 aliphatic heterocycles. The number of aromatic nitrogens is 3. The van der Waals surface area contributed by atoms with E-state index in [-0.39, 0.29) is 0 Å². The normalized spacial score (nSPS) is 9.12. The second-order valence-electron chi connectivity index (χ2n) is 1.39. The minimum atomic E-state index is 0.750. The molecule has 0 unspecified atom stereocenters. The molecule has 3 heteroatoms. The Kier molecular flexibility index (Phi) is 1.12. The zero-order valence-corrected chi connectivity index (χ0v) is 4.41. The first-order valence-corrected chi connectivity index (χ1v) is 2.18. The van der Waals surface area contributed by atoms with E-state index in [4.69, 9.17) is 0 Å². The van der Waals surface area contributed by atoms with E-state index >= 15 is 0 Å². The third kappa shape index (κ3) is 0.753. The first-order chi connectivity index (χ1) is 3.83. The first-order valence-electron chi connectivity index (χ1n) is 2.18. The maximum atomic E-state index is 3.67. The van der Waals surface area contributed by atoms with Crippen molar-refractivity contribution < 1.29 is 0 Å². The molecule has 1 aromatic heterocycles. The highest BCUT2D eigenvalue weighted by molar-refractivity contribution is 5.38. The first kappa shape index (κ1) is 5.03. The molecule has 0 aliphatic rings. The lowest BCUT2D eigenvalue weighted by molar-refractivity contribution is 0.798. The van der Waals surface area contributed by atoms with E-state index in [9.17, 15) is 0 Å². The van der Waals surface area contributed by atoms with Crippen LogP contribution in [0, 0.1) is 7.05 Å². The lowest BCUT2D eigenvalue weighted by Crippen LogP contribution is -1.82. The van der Waals surface area contributed by atoms with Crippen molar-refractivity contribution in [2.75, 3.05) is 0 Å². The van der Waals surface area contributed by atoms with Crippen LogP contribution in [0.3, 0.4) is 0 Å². The minimum Gasteiger partial charge on any atom is -0.250 e. The highest BCUT2D eigenvalue weighted by Crippen LogP contribution is 1.90. The lowest BCUT2D eigenvalue weighted by atomic mass is 10.5. The van der Waals surface area contributed by atoms with Crippen molar-refractivity contribution in [2.45, 2.75) is 0 Å². The van der Waals surface area contributed by atoms with Crippen molar-refractivity contribution in [2.24, 2.45) is 0 Å². The molecule has 0 amide bonds. The van der Waals surface area contributed by atoms with Gasteiger partial charge in [0.1, 0.15) is 5.69 Å². The van der Waals surface area contributed by atoms with Crippen LogP contribution in [0.4, 0.5) is 0 Å². The summed E-state index contributed by atoms with van der Waals surface area (Å²) in [7, 11) is 3.48.